The lowest BCUT2D eigenvalue weighted by molar-refractivity contribution is -0.393. The van der Waals surface area contributed by atoms with Gasteiger partial charge in [-0.05, 0) is 23.7 Å². The Morgan fingerprint density at radius 1 is 0.852 bits per heavy atom. The van der Waals surface area contributed by atoms with Gasteiger partial charge in [-0.1, -0.05) is 6.07 Å². The third kappa shape index (κ3) is 2.91. The minimum atomic E-state index is -7.32. The van der Waals surface area contributed by atoms with Crippen molar-refractivity contribution in [2.75, 3.05) is 0 Å². The fraction of sp³-hybridized carbons (Fsp3) is 0.385. The maximum absolute atomic E-state index is 14.2. The number of aromatic nitrogens is 2. The lowest BCUT2D eigenvalue weighted by Gasteiger charge is -2.38. The van der Waals surface area contributed by atoms with Crippen LogP contribution in [0.5, 0.6) is 0 Å². The van der Waals surface area contributed by atoms with Gasteiger partial charge in [-0.15, -0.1) is 0 Å². The second kappa shape index (κ2) is 5.97. The molecule has 150 valence electrons. The Bertz CT molecular complexity index is 921. The molecule has 2 heterocycles. The zero-order valence-electron chi connectivity index (χ0n) is 12.3. The summed E-state index contributed by atoms with van der Waals surface area (Å²) in [5.74, 6) is -27.7. The highest BCUT2D eigenvalue weighted by molar-refractivity contribution is 6.22. The molecule has 3 nitrogen and oxygen atoms in total. The van der Waals surface area contributed by atoms with Crippen molar-refractivity contribution in [2.45, 2.75) is 29.1 Å². The quantitative estimate of drug-likeness (QED) is 0.516. The minimum Gasteiger partial charge on any atom is -0.299 e. The van der Waals surface area contributed by atoms with E-state index in [0.717, 1.165) is 18.2 Å². The number of alkyl halides is 11. The molecule has 0 aliphatic rings. The summed E-state index contributed by atoms with van der Waals surface area (Å²) in [5, 5.41) is -6.28. The molecular weight excluding hydrogens is 426 g/mol. The number of nitrogens with zero attached hydrogens (tertiary/aromatic N) is 2. The molecular formula is C13H5ClF10N2O. The van der Waals surface area contributed by atoms with Gasteiger partial charge in [-0.25, -0.2) is 0 Å². The highest BCUT2D eigenvalue weighted by Gasteiger charge is 2.86. The van der Waals surface area contributed by atoms with Crippen LogP contribution in [0.4, 0.5) is 43.9 Å². The number of hydrogen-bond donors (Lipinski definition) is 0. The molecule has 0 radical (unpaired) electrons. The number of fused-ring (bicyclic) bond motifs is 1. The van der Waals surface area contributed by atoms with Crippen LogP contribution in [0, 0.1) is 0 Å². The molecule has 0 unspecified atom stereocenters. The van der Waals surface area contributed by atoms with Crippen LogP contribution in [0.15, 0.2) is 35.3 Å². The van der Waals surface area contributed by atoms with E-state index in [4.69, 9.17) is 0 Å². The van der Waals surface area contributed by atoms with E-state index < -0.39 is 46.0 Å². The highest BCUT2D eigenvalue weighted by atomic mass is 35.5. The summed E-state index contributed by atoms with van der Waals surface area (Å²) in [7, 11) is 0. The van der Waals surface area contributed by atoms with E-state index in [2.05, 4.69) is 16.6 Å². The lowest BCUT2D eigenvalue weighted by Crippen LogP contribution is -2.65. The van der Waals surface area contributed by atoms with Crippen molar-refractivity contribution in [3.8, 4) is 0 Å². The molecule has 0 bridgehead atoms. The molecule has 0 spiro atoms. The van der Waals surface area contributed by atoms with Gasteiger partial charge in [0, 0.05) is 12.3 Å². The largest absolute Gasteiger partial charge is 0.393 e. The standard InChI is InChI=1S/C13H5ClF10N2O/c14-13(23,24)12(21,22)11(19,20)10(17,18)9(15,16)6-5-8(27)25-7-3-1-2-4-26(6)7/h1-5H. The van der Waals surface area contributed by atoms with Gasteiger partial charge in [0.1, 0.15) is 11.3 Å². The molecule has 2 aromatic heterocycles. The van der Waals surface area contributed by atoms with Crippen LogP contribution >= 0.6 is 11.6 Å². The van der Waals surface area contributed by atoms with Crippen molar-refractivity contribution in [2.24, 2.45) is 0 Å². The van der Waals surface area contributed by atoms with Gasteiger partial charge in [-0.2, -0.15) is 48.9 Å². The Morgan fingerprint density at radius 2 is 1.41 bits per heavy atom. The Morgan fingerprint density at radius 3 is 1.93 bits per heavy atom. The third-order valence-electron chi connectivity index (χ3n) is 3.44. The predicted octanol–water partition coefficient (Wildman–Crippen LogP) is 4.52. The molecule has 0 aliphatic heterocycles. The summed E-state index contributed by atoms with van der Waals surface area (Å²) >= 11 is 3.73. The molecule has 27 heavy (non-hydrogen) atoms. The SMILES string of the molecule is O=c1cc(C(F)(F)C(F)(F)C(F)(F)C(F)(F)C(F)(F)Cl)n2ccccc2n1. The van der Waals surface area contributed by atoms with Crippen molar-refractivity contribution in [3.63, 3.8) is 0 Å². The first-order valence-corrected chi connectivity index (χ1v) is 6.93. The Balaban J connectivity index is 2.77. The van der Waals surface area contributed by atoms with Gasteiger partial charge in [0.15, 0.2) is 0 Å². The topological polar surface area (TPSA) is 34.4 Å². The zero-order valence-corrected chi connectivity index (χ0v) is 13.1. The molecule has 0 N–H and O–H groups in total. The average molecular weight is 431 g/mol. The average Bonchev–Trinajstić information content (AvgIpc) is 2.52. The fourth-order valence-corrected chi connectivity index (χ4v) is 2.15. The van der Waals surface area contributed by atoms with Gasteiger partial charge < -0.3 is 0 Å². The van der Waals surface area contributed by atoms with Crippen LogP contribution in [-0.2, 0) is 5.92 Å². The van der Waals surface area contributed by atoms with Crippen molar-refractivity contribution in [1.29, 1.82) is 0 Å². The van der Waals surface area contributed by atoms with E-state index in [1.165, 1.54) is 0 Å². The van der Waals surface area contributed by atoms with Crippen LogP contribution in [-0.4, -0.2) is 32.5 Å². The fourth-order valence-electron chi connectivity index (χ4n) is 2.04. The first-order valence-electron chi connectivity index (χ1n) is 6.55. The number of rotatable bonds is 5. The van der Waals surface area contributed by atoms with E-state index in [-0.39, 0.29) is 10.5 Å². The van der Waals surface area contributed by atoms with E-state index in [0.29, 0.717) is 6.20 Å². The predicted molar refractivity (Wildman–Crippen MR) is 71.0 cm³/mol. The Labute approximate surface area is 147 Å². The first-order chi connectivity index (χ1) is 12.0. The molecule has 14 heteroatoms. The maximum atomic E-state index is 14.2. The van der Waals surface area contributed by atoms with E-state index in [1.807, 2.05) is 0 Å². The Hall–Kier alpha value is -2.05. The molecule has 0 aliphatic carbocycles. The second-order valence-electron chi connectivity index (χ2n) is 5.20. The van der Waals surface area contributed by atoms with E-state index >= 15 is 0 Å². The summed E-state index contributed by atoms with van der Waals surface area (Å²) in [6.07, 6.45) is 0.591. The van der Waals surface area contributed by atoms with E-state index in [1.54, 1.807) is 0 Å². The molecule has 0 atom stereocenters. The first kappa shape index (κ1) is 21.3. The van der Waals surface area contributed by atoms with Crippen LogP contribution in [0.1, 0.15) is 5.69 Å². The number of halogens is 11. The van der Waals surface area contributed by atoms with Crippen LogP contribution in [0.25, 0.3) is 5.65 Å². The van der Waals surface area contributed by atoms with E-state index in [9.17, 15) is 48.7 Å². The van der Waals surface area contributed by atoms with Crippen molar-refractivity contribution >= 4 is 17.2 Å². The smallest absolute Gasteiger partial charge is 0.299 e. The van der Waals surface area contributed by atoms with Crippen LogP contribution < -0.4 is 5.56 Å². The monoisotopic (exact) mass is 430 g/mol. The molecule has 0 saturated carbocycles. The summed E-state index contributed by atoms with van der Waals surface area (Å²) in [6, 6.07) is 2.59. The summed E-state index contributed by atoms with van der Waals surface area (Å²) in [6.45, 7) is 0. The minimum absolute atomic E-state index is 0.0440. The molecule has 2 aromatic rings. The molecule has 0 amide bonds. The van der Waals surface area contributed by atoms with Gasteiger partial charge in [0.25, 0.3) is 5.56 Å². The van der Waals surface area contributed by atoms with Crippen molar-refractivity contribution in [1.82, 2.24) is 9.38 Å². The maximum Gasteiger partial charge on any atom is 0.393 e. The van der Waals surface area contributed by atoms with Gasteiger partial charge in [0.2, 0.25) is 0 Å². The Kier molecular flexibility index (Phi) is 4.70. The van der Waals surface area contributed by atoms with Crippen molar-refractivity contribution < 1.29 is 43.9 Å². The molecule has 0 fully saturated rings. The molecule has 0 saturated heterocycles. The molecule has 2 rings (SSSR count). The van der Waals surface area contributed by atoms with Crippen LogP contribution in [0.3, 0.4) is 0 Å². The zero-order chi connectivity index (χ0) is 21.1. The second-order valence-corrected chi connectivity index (χ2v) is 5.68. The highest BCUT2D eigenvalue weighted by Crippen LogP contribution is 2.60. The molecule has 0 aromatic carbocycles. The summed E-state index contributed by atoms with van der Waals surface area (Å²) < 4.78 is 134. The number of pyridine rings is 1. The van der Waals surface area contributed by atoms with Crippen molar-refractivity contribution in [3.05, 3.63) is 46.5 Å². The number of hydrogen-bond acceptors (Lipinski definition) is 2. The van der Waals surface area contributed by atoms with Gasteiger partial charge in [-0.3, -0.25) is 9.20 Å². The normalized spacial score (nSPS) is 14.6. The van der Waals surface area contributed by atoms with Gasteiger partial charge in [0.05, 0.1) is 0 Å². The summed E-state index contributed by atoms with van der Waals surface area (Å²) in [4.78, 5) is 14.4. The third-order valence-corrected chi connectivity index (χ3v) is 3.68. The van der Waals surface area contributed by atoms with Gasteiger partial charge >= 0.3 is 29.1 Å². The summed E-state index contributed by atoms with van der Waals surface area (Å²) in [5.41, 5.74) is -4.48. The lowest BCUT2D eigenvalue weighted by atomic mass is 9.96. The van der Waals surface area contributed by atoms with Crippen LogP contribution in [0.2, 0.25) is 0 Å².